The standard InChI is InChI=1S/C20H33N3OS.HI/c1-5-21-19(23-15-20(2,3)25-4)22-14-17-12-9-13-24-18(17)16-10-7-6-8-11-16;/h6-8,10-11,17-18H,5,9,12-15H2,1-4H3,(H2,21,22,23);1H. The monoisotopic (exact) mass is 491 g/mol. The van der Waals surface area contributed by atoms with E-state index in [-0.39, 0.29) is 34.8 Å². The summed E-state index contributed by atoms with van der Waals surface area (Å²) in [6, 6.07) is 10.6. The third kappa shape index (κ3) is 7.64. The van der Waals surface area contributed by atoms with E-state index in [2.05, 4.69) is 68.0 Å². The number of guanidine groups is 1. The molecule has 2 rings (SSSR count). The number of benzene rings is 1. The topological polar surface area (TPSA) is 45.7 Å². The largest absolute Gasteiger partial charge is 0.373 e. The molecular weight excluding hydrogens is 457 g/mol. The van der Waals surface area contributed by atoms with Gasteiger partial charge in [0.25, 0.3) is 0 Å². The Balaban J connectivity index is 0.00000338. The third-order valence-electron chi connectivity index (χ3n) is 4.62. The smallest absolute Gasteiger partial charge is 0.191 e. The van der Waals surface area contributed by atoms with Gasteiger partial charge in [-0.2, -0.15) is 11.8 Å². The molecule has 26 heavy (non-hydrogen) atoms. The quantitative estimate of drug-likeness (QED) is 0.336. The molecule has 1 saturated heterocycles. The van der Waals surface area contributed by atoms with Gasteiger partial charge >= 0.3 is 0 Å². The Morgan fingerprint density at radius 2 is 2.00 bits per heavy atom. The van der Waals surface area contributed by atoms with Crippen LogP contribution in [0.2, 0.25) is 0 Å². The van der Waals surface area contributed by atoms with Crippen molar-refractivity contribution in [1.82, 2.24) is 10.6 Å². The number of halogens is 1. The molecule has 4 nitrogen and oxygen atoms in total. The summed E-state index contributed by atoms with van der Waals surface area (Å²) in [6.07, 6.45) is 4.62. The molecule has 1 aliphatic heterocycles. The number of thioether (sulfide) groups is 1. The van der Waals surface area contributed by atoms with Crippen LogP contribution < -0.4 is 10.6 Å². The van der Waals surface area contributed by atoms with Gasteiger partial charge in [0.05, 0.1) is 12.6 Å². The molecule has 0 bridgehead atoms. The zero-order valence-corrected chi connectivity index (χ0v) is 19.6. The van der Waals surface area contributed by atoms with E-state index in [0.717, 1.165) is 38.6 Å². The fourth-order valence-corrected chi connectivity index (χ4v) is 3.16. The van der Waals surface area contributed by atoms with E-state index >= 15 is 0 Å². The van der Waals surface area contributed by atoms with Gasteiger partial charge in [-0.1, -0.05) is 30.3 Å². The SMILES string of the molecule is CCNC(=NCC(C)(C)SC)NCC1CCCOC1c1ccccc1.I. The van der Waals surface area contributed by atoms with Crippen LogP contribution in [0.15, 0.2) is 35.3 Å². The first-order valence-electron chi connectivity index (χ1n) is 9.29. The van der Waals surface area contributed by atoms with Gasteiger partial charge in [0.1, 0.15) is 0 Å². The lowest BCUT2D eigenvalue weighted by molar-refractivity contribution is -0.0265. The summed E-state index contributed by atoms with van der Waals surface area (Å²) in [5.41, 5.74) is 1.28. The van der Waals surface area contributed by atoms with Crippen LogP contribution in [0, 0.1) is 5.92 Å². The van der Waals surface area contributed by atoms with Crippen molar-refractivity contribution in [2.24, 2.45) is 10.9 Å². The lowest BCUT2D eigenvalue weighted by Crippen LogP contribution is -2.42. The number of rotatable bonds is 7. The minimum absolute atomic E-state index is 0. The molecule has 148 valence electrons. The number of ether oxygens (including phenoxy) is 1. The summed E-state index contributed by atoms with van der Waals surface area (Å²) in [5.74, 6) is 1.37. The van der Waals surface area contributed by atoms with E-state index in [4.69, 9.17) is 9.73 Å². The second kappa shape index (κ2) is 12.1. The van der Waals surface area contributed by atoms with Gasteiger partial charge in [-0.3, -0.25) is 4.99 Å². The number of hydrogen-bond acceptors (Lipinski definition) is 3. The van der Waals surface area contributed by atoms with Crippen molar-refractivity contribution in [2.45, 2.75) is 44.5 Å². The highest BCUT2D eigenvalue weighted by molar-refractivity contribution is 14.0. The first kappa shape index (κ1) is 23.6. The second-order valence-corrected chi connectivity index (χ2v) is 8.66. The molecule has 1 heterocycles. The molecule has 1 fully saturated rings. The zero-order valence-electron chi connectivity index (χ0n) is 16.5. The van der Waals surface area contributed by atoms with Crippen LogP contribution in [0.25, 0.3) is 0 Å². The van der Waals surface area contributed by atoms with Gasteiger partial charge in [0, 0.05) is 30.4 Å². The summed E-state index contributed by atoms with van der Waals surface area (Å²) in [4.78, 5) is 4.77. The number of hydrogen-bond donors (Lipinski definition) is 2. The first-order chi connectivity index (χ1) is 12.1. The average molecular weight is 491 g/mol. The van der Waals surface area contributed by atoms with Crippen molar-refractivity contribution >= 4 is 41.7 Å². The van der Waals surface area contributed by atoms with E-state index in [9.17, 15) is 0 Å². The molecule has 6 heteroatoms. The summed E-state index contributed by atoms with van der Waals surface area (Å²) in [5, 5.41) is 6.90. The molecule has 0 spiro atoms. The predicted molar refractivity (Wildman–Crippen MR) is 125 cm³/mol. The number of nitrogens with one attached hydrogen (secondary N) is 2. The maximum Gasteiger partial charge on any atom is 0.191 e. The summed E-state index contributed by atoms with van der Waals surface area (Å²) >= 11 is 1.85. The fourth-order valence-electron chi connectivity index (χ4n) is 2.97. The summed E-state index contributed by atoms with van der Waals surface area (Å²) in [6.45, 7) is 9.96. The van der Waals surface area contributed by atoms with Crippen molar-refractivity contribution in [3.8, 4) is 0 Å². The van der Waals surface area contributed by atoms with Crippen molar-refractivity contribution in [3.63, 3.8) is 0 Å². The van der Waals surface area contributed by atoms with Gasteiger partial charge in [-0.25, -0.2) is 0 Å². The van der Waals surface area contributed by atoms with Crippen LogP contribution in [-0.4, -0.2) is 43.2 Å². The molecule has 2 unspecified atom stereocenters. The minimum Gasteiger partial charge on any atom is -0.373 e. The Bertz CT molecular complexity index is 539. The summed E-state index contributed by atoms with van der Waals surface area (Å²) < 4.78 is 6.25. The van der Waals surface area contributed by atoms with Crippen LogP contribution in [0.3, 0.4) is 0 Å². The van der Waals surface area contributed by atoms with Crippen molar-refractivity contribution in [3.05, 3.63) is 35.9 Å². The maximum absolute atomic E-state index is 6.10. The molecule has 2 N–H and O–H groups in total. The highest BCUT2D eigenvalue weighted by atomic mass is 127. The highest BCUT2D eigenvalue weighted by Crippen LogP contribution is 2.33. The second-order valence-electron chi connectivity index (χ2n) is 7.14. The van der Waals surface area contributed by atoms with E-state index in [1.165, 1.54) is 12.0 Å². The molecule has 0 aromatic heterocycles. The third-order valence-corrected chi connectivity index (χ3v) is 5.85. The Labute approximate surface area is 180 Å². The van der Waals surface area contributed by atoms with Crippen molar-refractivity contribution < 1.29 is 4.74 Å². The van der Waals surface area contributed by atoms with Crippen LogP contribution in [0.5, 0.6) is 0 Å². The normalized spacial score (nSPS) is 21.0. The van der Waals surface area contributed by atoms with Crippen LogP contribution in [-0.2, 0) is 4.74 Å². The molecule has 1 aliphatic rings. The first-order valence-corrected chi connectivity index (χ1v) is 10.5. The predicted octanol–water partition coefficient (Wildman–Crippen LogP) is 4.47. The van der Waals surface area contributed by atoms with Crippen molar-refractivity contribution in [1.29, 1.82) is 0 Å². The average Bonchev–Trinajstić information content (AvgIpc) is 2.65. The molecule has 1 aromatic carbocycles. The molecule has 0 amide bonds. The molecule has 0 radical (unpaired) electrons. The lowest BCUT2D eigenvalue weighted by atomic mass is 9.89. The zero-order chi connectivity index (χ0) is 18.1. The lowest BCUT2D eigenvalue weighted by Gasteiger charge is -2.32. The van der Waals surface area contributed by atoms with E-state index in [1.807, 2.05) is 11.8 Å². The molecule has 0 aliphatic carbocycles. The van der Waals surface area contributed by atoms with E-state index in [1.54, 1.807) is 0 Å². The van der Waals surface area contributed by atoms with E-state index in [0.29, 0.717) is 5.92 Å². The van der Waals surface area contributed by atoms with Crippen molar-refractivity contribution in [2.75, 3.05) is 32.5 Å². The van der Waals surface area contributed by atoms with Crippen LogP contribution in [0.4, 0.5) is 0 Å². The fraction of sp³-hybridized carbons (Fsp3) is 0.650. The van der Waals surface area contributed by atoms with Gasteiger partial charge < -0.3 is 15.4 Å². The summed E-state index contributed by atoms with van der Waals surface area (Å²) in [7, 11) is 0. The molecule has 1 aromatic rings. The Hall–Kier alpha value is -0.470. The van der Waals surface area contributed by atoms with Crippen LogP contribution >= 0.6 is 35.7 Å². The Kier molecular flexibility index (Phi) is 11.0. The van der Waals surface area contributed by atoms with Gasteiger partial charge in [-0.05, 0) is 45.4 Å². The van der Waals surface area contributed by atoms with Crippen LogP contribution in [0.1, 0.15) is 45.3 Å². The van der Waals surface area contributed by atoms with E-state index < -0.39 is 0 Å². The molecular formula is C20H34IN3OS. The Morgan fingerprint density at radius 1 is 1.27 bits per heavy atom. The molecule has 0 saturated carbocycles. The minimum atomic E-state index is 0. The Morgan fingerprint density at radius 3 is 2.65 bits per heavy atom. The highest BCUT2D eigenvalue weighted by Gasteiger charge is 2.27. The van der Waals surface area contributed by atoms with Gasteiger partial charge in [-0.15, -0.1) is 24.0 Å². The number of aliphatic imine (C=N–C) groups is 1. The number of nitrogens with zero attached hydrogens (tertiary/aromatic N) is 1. The maximum atomic E-state index is 6.10. The van der Waals surface area contributed by atoms with Gasteiger partial charge in [0.15, 0.2) is 5.96 Å². The van der Waals surface area contributed by atoms with Gasteiger partial charge in [0.2, 0.25) is 0 Å². The molecule has 2 atom stereocenters.